The van der Waals surface area contributed by atoms with Gasteiger partial charge in [0.25, 0.3) is 0 Å². The SMILES string of the molecule is c1ccc(CO[C@@H]2C3CO[C@H](O3)C3OC32)cc1. The molecule has 3 heterocycles. The average Bonchev–Trinajstić information content (AvgIpc) is 3.05. The molecule has 0 saturated carbocycles. The van der Waals surface area contributed by atoms with Gasteiger partial charge >= 0.3 is 0 Å². The van der Waals surface area contributed by atoms with Crippen molar-refractivity contribution in [1.82, 2.24) is 0 Å². The fraction of sp³-hybridized carbons (Fsp3) is 0.538. The lowest BCUT2D eigenvalue weighted by Gasteiger charge is -2.24. The zero-order valence-corrected chi connectivity index (χ0v) is 9.32. The van der Waals surface area contributed by atoms with Crippen molar-refractivity contribution in [3.63, 3.8) is 0 Å². The molecule has 4 rings (SSSR count). The van der Waals surface area contributed by atoms with E-state index in [2.05, 4.69) is 12.1 Å². The zero-order valence-electron chi connectivity index (χ0n) is 9.32. The molecule has 3 fully saturated rings. The van der Waals surface area contributed by atoms with Crippen LogP contribution in [-0.4, -0.2) is 37.3 Å². The van der Waals surface area contributed by atoms with Gasteiger partial charge in [0, 0.05) is 0 Å². The van der Waals surface area contributed by atoms with Gasteiger partial charge in [0.15, 0.2) is 6.29 Å². The van der Waals surface area contributed by atoms with Crippen LogP contribution < -0.4 is 0 Å². The summed E-state index contributed by atoms with van der Waals surface area (Å²) >= 11 is 0. The lowest BCUT2D eigenvalue weighted by molar-refractivity contribution is -0.121. The van der Waals surface area contributed by atoms with Gasteiger partial charge in [-0.3, -0.25) is 0 Å². The Balaban J connectivity index is 1.43. The third-order valence-electron chi connectivity index (χ3n) is 3.54. The highest BCUT2D eigenvalue weighted by atomic mass is 16.8. The number of rotatable bonds is 3. The molecule has 3 unspecified atom stereocenters. The summed E-state index contributed by atoms with van der Waals surface area (Å²) in [5, 5.41) is 0. The Morgan fingerprint density at radius 1 is 1.12 bits per heavy atom. The first kappa shape index (κ1) is 10.0. The van der Waals surface area contributed by atoms with Gasteiger partial charge in [0.2, 0.25) is 0 Å². The van der Waals surface area contributed by atoms with E-state index >= 15 is 0 Å². The van der Waals surface area contributed by atoms with Crippen LogP contribution in [0.2, 0.25) is 0 Å². The summed E-state index contributed by atoms with van der Waals surface area (Å²) in [5.41, 5.74) is 1.17. The van der Waals surface area contributed by atoms with Gasteiger partial charge in [-0.15, -0.1) is 0 Å². The Kier molecular flexibility index (Phi) is 2.23. The van der Waals surface area contributed by atoms with E-state index in [9.17, 15) is 0 Å². The van der Waals surface area contributed by atoms with E-state index in [1.165, 1.54) is 5.56 Å². The van der Waals surface area contributed by atoms with Crippen molar-refractivity contribution in [2.75, 3.05) is 6.61 Å². The molecule has 0 aliphatic carbocycles. The normalized spacial score (nSPS) is 42.2. The highest BCUT2D eigenvalue weighted by Gasteiger charge is 2.62. The van der Waals surface area contributed by atoms with Crippen LogP contribution in [0, 0.1) is 0 Å². The summed E-state index contributed by atoms with van der Waals surface area (Å²) in [7, 11) is 0. The molecule has 0 amide bonds. The van der Waals surface area contributed by atoms with Crippen molar-refractivity contribution in [3.05, 3.63) is 35.9 Å². The summed E-state index contributed by atoms with van der Waals surface area (Å²) in [4.78, 5) is 0. The summed E-state index contributed by atoms with van der Waals surface area (Å²) in [6.07, 6.45) is 0.160. The minimum atomic E-state index is -0.151. The van der Waals surface area contributed by atoms with E-state index in [0.717, 1.165) is 0 Å². The molecule has 4 nitrogen and oxygen atoms in total. The van der Waals surface area contributed by atoms with E-state index in [1.807, 2.05) is 18.2 Å². The van der Waals surface area contributed by atoms with Crippen molar-refractivity contribution in [2.45, 2.75) is 37.3 Å². The van der Waals surface area contributed by atoms with Crippen molar-refractivity contribution in [1.29, 1.82) is 0 Å². The van der Waals surface area contributed by atoms with Crippen LogP contribution in [0.4, 0.5) is 0 Å². The molecule has 3 saturated heterocycles. The van der Waals surface area contributed by atoms with E-state index in [-0.39, 0.29) is 30.7 Å². The fourth-order valence-electron chi connectivity index (χ4n) is 2.58. The van der Waals surface area contributed by atoms with Crippen molar-refractivity contribution >= 4 is 0 Å². The topological polar surface area (TPSA) is 40.2 Å². The lowest BCUT2D eigenvalue weighted by atomic mass is 10.1. The molecule has 0 spiro atoms. The Bertz CT molecular complexity index is 407. The molecule has 0 N–H and O–H groups in total. The standard InChI is InChI=1S/C13H14O4/c1-2-4-8(5-3-1)6-14-10-9-7-15-13(16-9)12-11(10)17-12/h1-5,9-13H,6-7H2/t9?,10-,11?,12?,13-/m1/s1. The van der Waals surface area contributed by atoms with Gasteiger partial charge in [0.05, 0.1) is 13.2 Å². The molecule has 1 aromatic rings. The molecular weight excluding hydrogens is 220 g/mol. The first-order valence-corrected chi connectivity index (χ1v) is 6.00. The van der Waals surface area contributed by atoms with Crippen LogP contribution in [0.1, 0.15) is 5.56 Å². The second-order valence-corrected chi connectivity index (χ2v) is 4.70. The van der Waals surface area contributed by atoms with Crippen molar-refractivity contribution < 1.29 is 18.9 Å². The molecule has 4 heteroatoms. The van der Waals surface area contributed by atoms with Gasteiger partial charge in [-0.05, 0) is 5.56 Å². The van der Waals surface area contributed by atoms with Crippen LogP contribution in [0.3, 0.4) is 0 Å². The Hall–Kier alpha value is -0.940. The summed E-state index contributed by atoms with van der Waals surface area (Å²) in [6.45, 7) is 1.23. The van der Waals surface area contributed by atoms with Crippen LogP contribution in [-0.2, 0) is 25.6 Å². The molecule has 3 aliphatic rings. The summed E-state index contributed by atoms with van der Waals surface area (Å²) in [6, 6.07) is 10.1. The third kappa shape index (κ3) is 1.68. The highest BCUT2D eigenvalue weighted by Crippen LogP contribution is 2.43. The summed E-state index contributed by atoms with van der Waals surface area (Å²) in [5.74, 6) is 0. The fourth-order valence-corrected chi connectivity index (χ4v) is 2.58. The Morgan fingerprint density at radius 2 is 2.00 bits per heavy atom. The van der Waals surface area contributed by atoms with Crippen LogP contribution >= 0.6 is 0 Å². The first-order valence-electron chi connectivity index (χ1n) is 6.00. The number of hydrogen-bond donors (Lipinski definition) is 0. The van der Waals surface area contributed by atoms with E-state index in [0.29, 0.717) is 13.2 Å². The Labute approximate surface area is 99.4 Å². The maximum absolute atomic E-state index is 5.92. The van der Waals surface area contributed by atoms with E-state index < -0.39 is 0 Å². The number of benzene rings is 1. The second kappa shape index (κ2) is 3.78. The average molecular weight is 234 g/mol. The molecule has 90 valence electrons. The first-order chi connectivity index (χ1) is 8.42. The largest absolute Gasteiger partial charge is 0.368 e. The van der Waals surface area contributed by atoms with Gasteiger partial charge in [-0.2, -0.15) is 0 Å². The molecule has 0 radical (unpaired) electrons. The third-order valence-corrected chi connectivity index (χ3v) is 3.54. The molecule has 1 aromatic carbocycles. The number of epoxide rings is 1. The quantitative estimate of drug-likeness (QED) is 0.734. The van der Waals surface area contributed by atoms with Gasteiger partial charge in [-0.1, -0.05) is 30.3 Å². The molecule has 0 aromatic heterocycles. The van der Waals surface area contributed by atoms with Crippen molar-refractivity contribution in [3.8, 4) is 0 Å². The molecule has 3 aliphatic heterocycles. The van der Waals surface area contributed by atoms with Gasteiger partial charge in [0.1, 0.15) is 24.4 Å². The van der Waals surface area contributed by atoms with E-state index in [1.54, 1.807) is 0 Å². The summed E-state index contributed by atoms with van der Waals surface area (Å²) < 4.78 is 22.6. The molecule has 5 atom stereocenters. The van der Waals surface area contributed by atoms with Crippen molar-refractivity contribution in [2.24, 2.45) is 0 Å². The van der Waals surface area contributed by atoms with E-state index in [4.69, 9.17) is 18.9 Å². The lowest BCUT2D eigenvalue weighted by Crippen LogP contribution is -2.41. The van der Waals surface area contributed by atoms with Gasteiger partial charge in [-0.25, -0.2) is 0 Å². The maximum atomic E-state index is 5.92. The van der Waals surface area contributed by atoms with Gasteiger partial charge < -0.3 is 18.9 Å². The van der Waals surface area contributed by atoms with Crippen LogP contribution in [0.25, 0.3) is 0 Å². The molecule has 2 bridgehead atoms. The predicted molar refractivity (Wildman–Crippen MR) is 58.3 cm³/mol. The number of ether oxygens (including phenoxy) is 4. The minimum absolute atomic E-state index is 0.0129. The van der Waals surface area contributed by atoms with Crippen LogP contribution in [0.15, 0.2) is 30.3 Å². The molecular formula is C13H14O4. The Morgan fingerprint density at radius 3 is 2.88 bits per heavy atom. The number of hydrogen-bond acceptors (Lipinski definition) is 4. The predicted octanol–water partition coefficient (Wildman–Crippen LogP) is 1.09. The zero-order chi connectivity index (χ0) is 11.2. The number of fused-ring (bicyclic) bond motifs is 4. The highest BCUT2D eigenvalue weighted by molar-refractivity contribution is 5.14. The van der Waals surface area contributed by atoms with Crippen LogP contribution in [0.5, 0.6) is 0 Å². The second-order valence-electron chi connectivity index (χ2n) is 4.70. The smallest absolute Gasteiger partial charge is 0.187 e. The maximum Gasteiger partial charge on any atom is 0.187 e. The minimum Gasteiger partial charge on any atom is -0.368 e. The monoisotopic (exact) mass is 234 g/mol. The molecule has 17 heavy (non-hydrogen) atoms.